The molecule has 1 aliphatic heterocycles. The summed E-state index contributed by atoms with van der Waals surface area (Å²) >= 11 is 9.59. The van der Waals surface area contributed by atoms with E-state index in [-0.39, 0.29) is 11.9 Å². The van der Waals surface area contributed by atoms with Crippen LogP contribution >= 0.6 is 27.5 Å². The first kappa shape index (κ1) is 13.4. The maximum absolute atomic E-state index is 12.6. The first-order chi connectivity index (χ1) is 9.16. The van der Waals surface area contributed by atoms with E-state index in [0.29, 0.717) is 11.1 Å². The molecule has 3 nitrogen and oxygen atoms in total. The third kappa shape index (κ3) is 2.81. The highest BCUT2D eigenvalue weighted by atomic mass is 79.9. The van der Waals surface area contributed by atoms with Crippen molar-refractivity contribution in [1.29, 1.82) is 0 Å². The van der Waals surface area contributed by atoms with E-state index in [2.05, 4.69) is 21.2 Å². The molecule has 1 unspecified atom stereocenters. The second kappa shape index (κ2) is 5.43. The topological polar surface area (TPSA) is 32.3 Å². The van der Waals surface area contributed by atoms with Crippen LogP contribution in [0.4, 0.5) is 5.69 Å². The summed E-state index contributed by atoms with van der Waals surface area (Å²) in [6.45, 7) is 0.765. The molecule has 0 spiro atoms. The van der Waals surface area contributed by atoms with Gasteiger partial charge < -0.3 is 10.2 Å². The van der Waals surface area contributed by atoms with Crippen molar-refractivity contribution in [1.82, 2.24) is 5.32 Å². The molecule has 1 heterocycles. The lowest BCUT2D eigenvalue weighted by atomic mass is 10.0. The summed E-state index contributed by atoms with van der Waals surface area (Å²) in [5.41, 5.74) is 0.875. The zero-order valence-electron chi connectivity index (χ0n) is 10.5. The van der Waals surface area contributed by atoms with Crippen LogP contribution in [0.25, 0.3) is 0 Å². The van der Waals surface area contributed by atoms with Gasteiger partial charge in [-0.25, -0.2) is 0 Å². The Morgan fingerprint density at radius 1 is 1.32 bits per heavy atom. The fraction of sp³-hybridized carbons (Fsp3) is 0.500. The van der Waals surface area contributed by atoms with E-state index >= 15 is 0 Å². The molecule has 1 saturated heterocycles. The third-order valence-electron chi connectivity index (χ3n) is 3.67. The maximum Gasteiger partial charge on any atom is 0.244 e. The number of piperidine rings is 1. The normalized spacial score (nSPS) is 23.8. The number of nitrogens with one attached hydrogen (secondary N) is 1. The minimum Gasteiger partial charge on any atom is -0.310 e. The fourth-order valence-electron chi connectivity index (χ4n) is 2.50. The highest BCUT2D eigenvalue weighted by Crippen LogP contribution is 2.35. The Bertz CT molecular complexity index is 504. The molecule has 0 radical (unpaired) electrons. The number of amides is 1. The number of nitrogens with zero attached hydrogens (tertiary/aromatic N) is 1. The van der Waals surface area contributed by atoms with Crippen LogP contribution in [-0.4, -0.2) is 24.5 Å². The molecule has 2 fully saturated rings. The molecular formula is C14H16BrClN2O. The molecule has 0 bridgehead atoms. The molecule has 1 aromatic carbocycles. The van der Waals surface area contributed by atoms with Gasteiger partial charge in [0.2, 0.25) is 5.91 Å². The van der Waals surface area contributed by atoms with E-state index in [1.54, 1.807) is 0 Å². The Kier molecular flexibility index (Phi) is 3.83. The number of anilines is 1. The van der Waals surface area contributed by atoms with Gasteiger partial charge in [0.25, 0.3) is 0 Å². The Morgan fingerprint density at radius 2 is 2.11 bits per heavy atom. The molecule has 1 aromatic rings. The number of rotatable bonds is 3. The van der Waals surface area contributed by atoms with Crippen molar-refractivity contribution < 1.29 is 4.79 Å². The molecule has 0 aromatic heterocycles. The molecule has 2 aliphatic rings. The lowest BCUT2D eigenvalue weighted by Gasteiger charge is -2.33. The maximum atomic E-state index is 12.6. The minimum atomic E-state index is -0.0351. The summed E-state index contributed by atoms with van der Waals surface area (Å²) < 4.78 is 0.803. The monoisotopic (exact) mass is 342 g/mol. The number of hydrogen-bond acceptors (Lipinski definition) is 2. The number of halogens is 2. The molecule has 3 rings (SSSR count). The minimum absolute atomic E-state index is 0.0351. The molecule has 1 atom stereocenters. The third-order valence-corrected chi connectivity index (χ3v) is 5.05. The van der Waals surface area contributed by atoms with Crippen LogP contribution in [0.3, 0.4) is 0 Å². The van der Waals surface area contributed by atoms with Crippen LogP contribution in [-0.2, 0) is 4.79 Å². The molecule has 1 saturated carbocycles. The van der Waals surface area contributed by atoms with Crippen LogP contribution in [0.2, 0.25) is 5.02 Å². The van der Waals surface area contributed by atoms with Crippen LogP contribution in [0, 0.1) is 0 Å². The standard InChI is InChI=1S/C14H16BrClN2O/c15-13-10(16)3-1-5-12(13)18-8-2-4-11(14(18)19)17-9-6-7-9/h1,3,5,9,11,17H,2,4,6-8H2. The summed E-state index contributed by atoms with van der Waals surface area (Å²) in [4.78, 5) is 14.4. The van der Waals surface area contributed by atoms with E-state index in [4.69, 9.17) is 11.6 Å². The lowest BCUT2D eigenvalue weighted by Crippen LogP contribution is -2.51. The van der Waals surface area contributed by atoms with Gasteiger partial charge in [-0.05, 0) is 53.7 Å². The number of carbonyl (C=O) groups is 1. The van der Waals surface area contributed by atoms with Crippen molar-refractivity contribution in [2.45, 2.75) is 37.8 Å². The Morgan fingerprint density at radius 3 is 2.84 bits per heavy atom. The van der Waals surface area contributed by atoms with Crippen molar-refractivity contribution in [2.24, 2.45) is 0 Å². The summed E-state index contributed by atoms with van der Waals surface area (Å²) in [5.74, 6) is 0.168. The molecule has 1 aliphatic carbocycles. The molecule has 19 heavy (non-hydrogen) atoms. The van der Waals surface area contributed by atoms with E-state index in [9.17, 15) is 4.79 Å². The van der Waals surface area contributed by atoms with Crippen LogP contribution < -0.4 is 10.2 Å². The van der Waals surface area contributed by atoms with E-state index in [0.717, 1.165) is 29.5 Å². The number of carbonyl (C=O) groups excluding carboxylic acids is 1. The van der Waals surface area contributed by atoms with Crippen molar-refractivity contribution >= 4 is 39.1 Å². The summed E-state index contributed by atoms with van der Waals surface area (Å²) in [6.07, 6.45) is 4.36. The van der Waals surface area contributed by atoms with Gasteiger partial charge in [0.05, 0.1) is 21.2 Å². The molecular weight excluding hydrogens is 328 g/mol. The van der Waals surface area contributed by atoms with Crippen molar-refractivity contribution in [3.63, 3.8) is 0 Å². The fourth-order valence-corrected chi connectivity index (χ4v) is 3.15. The van der Waals surface area contributed by atoms with E-state index < -0.39 is 0 Å². The van der Waals surface area contributed by atoms with Gasteiger partial charge in [0.1, 0.15) is 0 Å². The average molecular weight is 344 g/mol. The Balaban J connectivity index is 1.82. The molecule has 102 valence electrons. The quantitative estimate of drug-likeness (QED) is 0.913. The smallest absolute Gasteiger partial charge is 0.244 e. The van der Waals surface area contributed by atoms with Gasteiger partial charge in [0.15, 0.2) is 0 Å². The van der Waals surface area contributed by atoms with Gasteiger partial charge >= 0.3 is 0 Å². The predicted octanol–water partition coefficient (Wildman–Crippen LogP) is 3.35. The van der Waals surface area contributed by atoms with Crippen molar-refractivity contribution in [2.75, 3.05) is 11.4 Å². The van der Waals surface area contributed by atoms with Gasteiger partial charge in [-0.3, -0.25) is 4.79 Å². The van der Waals surface area contributed by atoms with Crippen LogP contribution in [0.15, 0.2) is 22.7 Å². The summed E-state index contributed by atoms with van der Waals surface area (Å²) in [5, 5.41) is 4.08. The Hall–Kier alpha value is -0.580. The van der Waals surface area contributed by atoms with E-state index in [1.807, 2.05) is 23.1 Å². The van der Waals surface area contributed by atoms with Crippen LogP contribution in [0.1, 0.15) is 25.7 Å². The summed E-state index contributed by atoms with van der Waals surface area (Å²) in [7, 11) is 0. The largest absolute Gasteiger partial charge is 0.310 e. The van der Waals surface area contributed by atoms with Gasteiger partial charge in [-0.1, -0.05) is 17.7 Å². The first-order valence-electron chi connectivity index (χ1n) is 6.68. The SMILES string of the molecule is O=C1C(NC2CC2)CCCN1c1cccc(Cl)c1Br. The number of hydrogen-bond donors (Lipinski definition) is 1. The Labute approximate surface area is 126 Å². The lowest BCUT2D eigenvalue weighted by molar-refractivity contribution is -0.121. The zero-order chi connectivity index (χ0) is 13.4. The van der Waals surface area contributed by atoms with Gasteiger partial charge in [-0.15, -0.1) is 0 Å². The zero-order valence-corrected chi connectivity index (χ0v) is 12.9. The van der Waals surface area contributed by atoms with E-state index in [1.165, 1.54) is 12.8 Å². The second-order valence-electron chi connectivity index (χ2n) is 5.20. The van der Waals surface area contributed by atoms with Gasteiger partial charge in [0, 0.05) is 12.6 Å². The average Bonchev–Trinajstić information content (AvgIpc) is 3.20. The van der Waals surface area contributed by atoms with Gasteiger partial charge in [-0.2, -0.15) is 0 Å². The first-order valence-corrected chi connectivity index (χ1v) is 7.85. The highest BCUT2D eigenvalue weighted by molar-refractivity contribution is 9.10. The molecule has 5 heteroatoms. The molecule has 1 N–H and O–H groups in total. The van der Waals surface area contributed by atoms with Crippen molar-refractivity contribution in [3.8, 4) is 0 Å². The van der Waals surface area contributed by atoms with Crippen LogP contribution in [0.5, 0.6) is 0 Å². The molecule has 1 amide bonds. The highest BCUT2D eigenvalue weighted by Gasteiger charge is 2.34. The van der Waals surface area contributed by atoms with Crippen molar-refractivity contribution in [3.05, 3.63) is 27.7 Å². The second-order valence-corrected chi connectivity index (χ2v) is 6.40. The number of benzene rings is 1. The summed E-state index contributed by atoms with van der Waals surface area (Å²) in [6, 6.07) is 6.16. The predicted molar refractivity (Wildman–Crippen MR) is 80.7 cm³/mol.